The van der Waals surface area contributed by atoms with E-state index in [9.17, 15) is 25.6 Å². The van der Waals surface area contributed by atoms with Gasteiger partial charge in [0.1, 0.15) is 16.5 Å². The zero-order chi connectivity index (χ0) is 25.0. The fraction of sp³-hybridized carbons (Fsp3) is 0.429. The second-order valence-corrected chi connectivity index (χ2v) is 11.4. The Balaban J connectivity index is 2.31. The molecule has 4 N–H and O–H groups in total. The van der Waals surface area contributed by atoms with Gasteiger partial charge in [-0.05, 0) is 47.7 Å². The van der Waals surface area contributed by atoms with E-state index in [1.165, 1.54) is 19.2 Å². The van der Waals surface area contributed by atoms with E-state index >= 15 is 0 Å². The summed E-state index contributed by atoms with van der Waals surface area (Å²) < 4.78 is 84.3. The van der Waals surface area contributed by atoms with Crippen LogP contribution in [0, 0.1) is 17.6 Å². The zero-order valence-corrected chi connectivity index (χ0v) is 20.4. The van der Waals surface area contributed by atoms with Crippen LogP contribution >= 0.6 is 0 Å². The lowest BCUT2D eigenvalue weighted by Crippen LogP contribution is -2.32. The van der Waals surface area contributed by atoms with Crippen molar-refractivity contribution in [2.45, 2.75) is 42.5 Å². The molecule has 0 bridgehead atoms. The van der Waals surface area contributed by atoms with Gasteiger partial charge in [0, 0.05) is 19.7 Å². The number of hydrogen-bond acceptors (Lipinski definition) is 6. The highest BCUT2D eigenvalue weighted by atomic mass is 32.2. The van der Waals surface area contributed by atoms with Crippen LogP contribution in [0.5, 0.6) is 0 Å². The van der Waals surface area contributed by atoms with E-state index in [0.717, 1.165) is 24.3 Å². The number of halogens is 2. The lowest BCUT2D eigenvalue weighted by Gasteiger charge is -2.24. The minimum Gasteiger partial charge on any atom is -0.383 e. The molecule has 2 aromatic carbocycles. The molecule has 8 nitrogen and oxygen atoms in total. The highest BCUT2D eigenvalue weighted by Crippen LogP contribution is 2.26. The van der Waals surface area contributed by atoms with E-state index in [1.807, 2.05) is 13.8 Å². The average Bonchev–Trinajstić information content (AvgIpc) is 2.70. The molecule has 0 radical (unpaired) electrons. The molecule has 2 atom stereocenters. The second-order valence-electron chi connectivity index (χ2n) is 8.11. The van der Waals surface area contributed by atoms with E-state index in [0.29, 0.717) is 6.61 Å². The van der Waals surface area contributed by atoms with Gasteiger partial charge in [0.2, 0.25) is 20.0 Å². The Morgan fingerprint density at radius 3 is 2.12 bits per heavy atom. The molecule has 2 aromatic rings. The van der Waals surface area contributed by atoms with E-state index < -0.39 is 37.6 Å². The largest absolute Gasteiger partial charge is 0.383 e. The average molecular weight is 506 g/mol. The number of rotatable bonds is 11. The summed E-state index contributed by atoms with van der Waals surface area (Å²) >= 11 is 0. The molecular formula is C21H29F2N3O5S2. The minimum atomic E-state index is -4.27. The fourth-order valence-electron chi connectivity index (χ4n) is 3.10. The van der Waals surface area contributed by atoms with E-state index in [2.05, 4.69) is 10.0 Å². The SMILES string of the molecule is COCC(Nc1ccc(S(=O)(=O)NCC(C)c2cc(F)cc(F)c2)cc1S(N)(=O)=O)C(C)C. The van der Waals surface area contributed by atoms with Crippen molar-refractivity contribution in [2.75, 3.05) is 25.6 Å². The molecule has 12 heteroatoms. The van der Waals surface area contributed by atoms with Crippen LogP contribution in [0.3, 0.4) is 0 Å². The van der Waals surface area contributed by atoms with Crippen molar-refractivity contribution in [3.05, 3.63) is 53.6 Å². The molecule has 0 heterocycles. The Hall–Kier alpha value is -2.12. The van der Waals surface area contributed by atoms with Gasteiger partial charge in [0.15, 0.2) is 0 Å². The highest BCUT2D eigenvalue weighted by molar-refractivity contribution is 7.90. The number of hydrogen-bond donors (Lipinski definition) is 3. The molecule has 0 saturated carbocycles. The van der Waals surface area contributed by atoms with E-state index in [-0.39, 0.29) is 39.5 Å². The Labute approximate surface area is 193 Å². The van der Waals surface area contributed by atoms with Crippen LogP contribution in [0.15, 0.2) is 46.2 Å². The van der Waals surface area contributed by atoms with Crippen LogP contribution in [0.1, 0.15) is 32.3 Å². The summed E-state index contributed by atoms with van der Waals surface area (Å²) in [5.41, 5.74) is 0.425. The Morgan fingerprint density at radius 2 is 1.61 bits per heavy atom. The lowest BCUT2D eigenvalue weighted by molar-refractivity contribution is 0.171. The van der Waals surface area contributed by atoms with E-state index in [4.69, 9.17) is 9.88 Å². The number of sulfonamides is 2. The number of nitrogens with two attached hydrogens (primary N) is 1. The summed E-state index contributed by atoms with van der Waals surface area (Å²) in [5.74, 6) is -2.01. The standard InChI is InChI=1S/C21H29F2N3O5S2/c1-13(2)20(12-31-4)26-19-6-5-18(10-21(19)32(24,27)28)33(29,30)25-11-14(3)15-7-16(22)9-17(23)8-15/h5-10,13-14,20,25-26H,11-12H2,1-4H3,(H2,24,27,28). The first-order valence-electron chi connectivity index (χ1n) is 10.1. The van der Waals surface area contributed by atoms with Gasteiger partial charge in [-0.1, -0.05) is 20.8 Å². The molecule has 0 amide bonds. The molecule has 0 aliphatic rings. The third-order valence-corrected chi connectivity index (χ3v) is 7.47. The van der Waals surface area contributed by atoms with Crippen LogP contribution < -0.4 is 15.2 Å². The molecule has 0 aromatic heterocycles. The van der Waals surface area contributed by atoms with Crippen molar-refractivity contribution in [3.63, 3.8) is 0 Å². The van der Waals surface area contributed by atoms with Crippen molar-refractivity contribution >= 4 is 25.7 Å². The number of nitrogens with one attached hydrogen (secondary N) is 2. The predicted octanol–water partition coefficient (Wildman–Crippen LogP) is 2.78. The topological polar surface area (TPSA) is 128 Å². The molecule has 184 valence electrons. The molecule has 0 aliphatic carbocycles. The highest BCUT2D eigenvalue weighted by Gasteiger charge is 2.24. The molecule has 0 aliphatic heterocycles. The predicted molar refractivity (Wildman–Crippen MR) is 122 cm³/mol. The normalized spacial score (nSPS) is 14.3. The molecule has 0 fully saturated rings. The van der Waals surface area contributed by atoms with Crippen LogP contribution in [0.2, 0.25) is 0 Å². The van der Waals surface area contributed by atoms with Crippen LogP contribution in [-0.2, 0) is 24.8 Å². The summed E-state index contributed by atoms with van der Waals surface area (Å²) in [6.07, 6.45) is 0. The first-order valence-corrected chi connectivity index (χ1v) is 13.2. The van der Waals surface area contributed by atoms with Gasteiger partial charge >= 0.3 is 0 Å². The van der Waals surface area contributed by atoms with Crippen LogP contribution in [-0.4, -0.2) is 43.1 Å². The first kappa shape index (κ1) is 27.1. The van der Waals surface area contributed by atoms with Gasteiger partial charge < -0.3 is 10.1 Å². The van der Waals surface area contributed by atoms with Gasteiger partial charge in [-0.2, -0.15) is 0 Å². The molecule has 0 saturated heterocycles. The van der Waals surface area contributed by atoms with Crippen LogP contribution in [0.4, 0.5) is 14.5 Å². The number of primary sulfonamides is 1. The van der Waals surface area contributed by atoms with Gasteiger partial charge in [0.05, 0.1) is 23.2 Å². The Bertz CT molecular complexity index is 1170. The number of anilines is 1. The number of ether oxygens (including phenoxy) is 1. The van der Waals surface area contributed by atoms with Crippen molar-refractivity contribution in [1.29, 1.82) is 0 Å². The molecule has 33 heavy (non-hydrogen) atoms. The van der Waals surface area contributed by atoms with Gasteiger partial charge in [-0.25, -0.2) is 35.5 Å². The summed E-state index contributed by atoms with van der Waals surface area (Å²) in [6.45, 7) is 5.56. The van der Waals surface area contributed by atoms with Gasteiger partial charge in [0.25, 0.3) is 0 Å². The molecule has 2 rings (SSSR count). The Kier molecular flexibility index (Phi) is 8.94. The second kappa shape index (κ2) is 10.9. The fourth-order valence-corrected chi connectivity index (χ4v) is 5.06. The third-order valence-electron chi connectivity index (χ3n) is 5.10. The Morgan fingerprint density at radius 1 is 1.00 bits per heavy atom. The number of benzene rings is 2. The maximum atomic E-state index is 13.4. The van der Waals surface area contributed by atoms with Crippen molar-refractivity contribution < 1.29 is 30.4 Å². The van der Waals surface area contributed by atoms with Crippen LogP contribution in [0.25, 0.3) is 0 Å². The number of methoxy groups -OCH3 is 1. The van der Waals surface area contributed by atoms with Crippen molar-refractivity contribution in [3.8, 4) is 0 Å². The maximum absolute atomic E-state index is 13.4. The molecule has 0 spiro atoms. The van der Waals surface area contributed by atoms with Gasteiger partial charge in [-0.15, -0.1) is 0 Å². The summed E-state index contributed by atoms with van der Waals surface area (Å²) in [6, 6.07) is 6.25. The van der Waals surface area contributed by atoms with Crippen molar-refractivity contribution in [2.24, 2.45) is 11.1 Å². The summed E-state index contributed by atoms with van der Waals surface area (Å²) in [7, 11) is -6.90. The molecular weight excluding hydrogens is 476 g/mol. The third kappa shape index (κ3) is 7.44. The lowest BCUT2D eigenvalue weighted by atomic mass is 10.0. The molecule has 2 unspecified atom stereocenters. The quantitative estimate of drug-likeness (QED) is 0.431. The first-order chi connectivity index (χ1) is 15.2. The van der Waals surface area contributed by atoms with Gasteiger partial charge in [-0.3, -0.25) is 0 Å². The monoisotopic (exact) mass is 505 g/mol. The summed E-state index contributed by atoms with van der Waals surface area (Å²) in [4.78, 5) is -0.699. The zero-order valence-electron chi connectivity index (χ0n) is 18.8. The summed E-state index contributed by atoms with van der Waals surface area (Å²) in [5, 5.41) is 8.38. The van der Waals surface area contributed by atoms with Crippen molar-refractivity contribution in [1.82, 2.24) is 4.72 Å². The minimum absolute atomic E-state index is 0.0810. The smallest absolute Gasteiger partial charge is 0.240 e. The maximum Gasteiger partial charge on any atom is 0.240 e. The van der Waals surface area contributed by atoms with E-state index in [1.54, 1.807) is 6.92 Å².